The molecule has 0 saturated carbocycles. The van der Waals surface area contributed by atoms with Gasteiger partial charge in [-0.15, -0.1) is 0 Å². The van der Waals surface area contributed by atoms with Gasteiger partial charge in [-0.25, -0.2) is 0 Å². The van der Waals surface area contributed by atoms with E-state index in [2.05, 4.69) is 24.7 Å². The van der Waals surface area contributed by atoms with E-state index < -0.39 is 0 Å². The Morgan fingerprint density at radius 1 is 1.57 bits per heavy atom. The molecule has 0 bridgehead atoms. The summed E-state index contributed by atoms with van der Waals surface area (Å²) in [5.74, 6) is 5.72. The molecule has 0 amide bonds. The molecule has 0 spiro atoms. The van der Waals surface area contributed by atoms with Gasteiger partial charge in [-0.05, 0) is 0 Å². The van der Waals surface area contributed by atoms with E-state index in [4.69, 9.17) is 0 Å². The van der Waals surface area contributed by atoms with Gasteiger partial charge in [0, 0.05) is 0 Å². The quantitative estimate of drug-likeness (QED) is 0.365. The Labute approximate surface area is 101 Å². The van der Waals surface area contributed by atoms with Gasteiger partial charge in [0.1, 0.15) is 0 Å². The molecule has 0 aromatic carbocycles. The van der Waals surface area contributed by atoms with Crippen LogP contribution in [0, 0.1) is 0 Å². The molecule has 1 nitrogen and oxygen atoms in total. The van der Waals surface area contributed by atoms with E-state index in [0.29, 0.717) is 31.7 Å². The van der Waals surface area contributed by atoms with Crippen LogP contribution in [0.2, 0.25) is 0 Å². The fraction of sp³-hybridized carbons (Fsp3) is 0.909. The van der Waals surface area contributed by atoms with Crippen molar-refractivity contribution >= 4 is 16.4 Å². The van der Waals surface area contributed by atoms with E-state index in [0.717, 1.165) is 15.3 Å². The Morgan fingerprint density at radius 2 is 2.29 bits per heavy atom. The van der Waals surface area contributed by atoms with E-state index in [-0.39, 0.29) is 0 Å². The SMILES string of the molecule is C=S1CC(C[C@H]2CC[I-]2)N(C)C1CC. The molecule has 2 heterocycles. The Hall–Kier alpha value is 0.910. The molecule has 14 heavy (non-hydrogen) atoms. The molecule has 0 N–H and O–H groups in total. The zero-order valence-corrected chi connectivity index (χ0v) is 12.2. The standard InChI is InChI=1S/C11H21INS/c1-4-11-13(2)10(8-14(11)3)7-9-5-6-12-9/h9-11H,3-8H2,1-2H3/q-1/t9-,10?,11?,14?/m1/s1. The van der Waals surface area contributed by atoms with Crippen molar-refractivity contribution in [1.82, 2.24) is 4.90 Å². The first kappa shape index (κ1) is 11.4. The van der Waals surface area contributed by atoms with Crippen LogP contribution in [0.4, 0.5) is 0 Å². The summed E-state index contributed by atoms with van der Waals surface area (Å²) in [5, 5.41) is 0.790. The second-order valence-electron chi connectivity index (χ2n) is 4.35. The van der Waals surface area contributed by atoms with Gasteiger partial charge in [-0.3, -0.25) is 0 Å². The average Bonchev–Trinajstić information content (AvgIpc) is 2.35. The summed E-state index contributed by atoms with van der Waals surface area (Å²) < 4.78 is 2.75. The van der Waals surface area contributed by atoms with Crippen LogP contribution in [0.3, 0.4) is 0 Å². The van der Waals surface area contributed by atoms with E-state index in [1.54, 1.807) is 10.8 Å². The predicted molar refractivity (Wildman–Crippen MR) is 63.1 cm³/mol. The molecule has 2 fully saturated rings. The Kier molecular flexibility index (Phi) is 3.93. The zero-order chi connectivity index (χ0) is 10.1. The fourth-order valence-electron chi connectivity index (χ4n) is 2.44. The first-order valence-corrected chi connectivity index (χ1v) is 9.91. The zero-order valence-electron chi connectivity index (χ0n) is 9.21. The van der Waals surface area contributed by atoms with Gasteiger partial charge in [-0.2, -0.15) is 0 Å². The van der Waals surface area contributed by atoms with Crippen molar-refractivity contribution in [1.29, 1.82) is 0 Å². The van der Waals surface area contributed by atoms with Crippen molar-refractivity contribution in [3.63, 3.8) is 0 Å². The van der Waals surface area contributed by atoms with Gasteiger partial charge in [0.05, 0.1) is 0 Å². The molecular formula is C11H21INS-. The molecule has 84 valence electrons. The van der Waals surface area contributed by atoms with Crippen LogP contribution in [-0.4, -0.2) is 43.3 Å². The number of rotatable bonds is 3. The van der Waals surface area contributed by atoms with Gasteiger partial charge >= 0.3 is 101 Å². The van der Waals surface area contributed by atoms with E-state index >= 15 is 0 Å². The Bertz CT molecular complexity index is 227. The van der Waals surface area contributed by atoms with Gasteiger partial charge in [0.2, 0.25) is 0 Å². The topological polar surface area (TPSA) is 3.24 Å². The minimum absolute atomic E-state index is 0.423. The first-order valence-electron chi connectivity index (χ1n) is 5.51. The molecule has 0 aromatic heterocycles. The Morgan fingerprint density at radius 3 is 2.71 bits per heavy atom. The van der Waals surface area contributed by atoms with Crippen molar-refractivity contribution < 1.29 is 21.2 Å². The summed E-state index contributed by atoms with van der Waals surface area (Å²) in [4.78, 5) is 2.64. The number of hydrogen-bond acceptors (Lipinski definition) is 1. The molecule has 0 radical (unpaired) electrons. The van der Waals surface area contributed by atoms with Gasteiger partial charge in [0.25, 0.3) is 0 Å². The van der Waals surface area contributed by atoms with Crippen LogP contribution in [0.15, 0.2) is 0 Å². The molecule has 2 saturated heterocycles. The summed E-state index contributed by atoms with van der Waals surface area (Å²) >= 11 is 0.610. The fourth-order valence-corrected chi connectivity index (χ4v) is 7.10. The van der Waals surface area contributed by atoms with E-state index in [1.807, 2.05) is 0 Å². The monoisotopic (exact) mass is 326 g/mol. The van der Waals surface area contributed by atoms with Gasteiger partial charge < -0.3 is 0 Å². The van der Waals surface area contributed by atoms with Crippen molar-refractivity contribution in [3.05, 3.63) is 0 Å². The van der Waals surface area contributed by atoms with Crippen molar-refractivity contribution in [2.24, 2.45) is 0 Å². The minimum atomic E-state index is 0.423. The number of alkyl halides is 2. The molecule has 2 aliphatic heterocycles. The molecule has 0 aromatic rings. The second-order valence-corrected chi connectivity index (χ2v) is 10.0. The van der Waals surface area contributed by atoms with E-state index in [9.17, 15) is 0 Å². The number of halogens is 1. The number of nitrogens with zero attached hydrogens (tertiary/aromatic N) is 1. The third-order valence-corrected chi connectivity index (χ3v) is 9.32. The average molecular weight is 326 g/mol. The third kappa shape index (κ3) is 2.19. The summed E-state index contributed by atoms with van der Waals surface area (Å²) in [6, 6.07) is 0.880. The van der Waals surface area contributed by atoms with Crippen LogP contribution < -0.4 is 21.2 Å². The maximum atomic E-state index is 4.34. The molecule has 3 unspecified atom stereocenters. The predicted octanol–water partition coefficient (Wildman–Crippen LogP) is -1.01. The summed E-state index contributed by atoms with van der Waals surface area (Å²) in [7, 11) is 2.75. The van der Waals surface area contributed by atoms with Crippen molar-refractivity contribution in [2.45, 2.75) is 41.5 Å². The van der Waals surface area contributed by atoms with Crippen LogP contribution in [0.5, 0.6) is 0 Å². The first-order chi connectivity index (χ1) is 6.72. The number of hydrogen-bond donors (Lipinski definition) is 0. The van der Waals surface area contributed by atoms with Crippen molar-refractivity contribution in [2.75, 3.05) is 17.2 Å². The van der Waals surface area contributed by atoms with E-state index in [1.165, 1.54) is 18.6 Å². The van der Waals surface area contributed by atoms with Crippen LogP contribution in [-0.2, 0) is 0 Å². The van der Waals surface area contributed by atoms with Gasteiger partial charge in [0.15, 0.2) is 0 Å². The van der Waals surface area contributed by atoms with Crippen LogP contribution in [0.25, 0.3) is 0 Å². The summed E-state index contributed by atoms with van der Waals surface area (Å²) in [6.45, 7) is 2.31. The van der Waals surface area contributed by atoms with Crippen LogP contribution >= 0.6 is 10.5 Å². The van der Waals surface area contributed by atoms with Gasteiger partial charge in [-0.1, -0.05) is 0 Å². The van der Waals surface area contributed by atoms with Crippen LogP contribution in [0.1, 0.15) is 26.2 Å². The second kappa shape index (κ2) is 4.83. The molecule has 2 rings (SSSR count). The Balaban J connectivity index is 1.90. The molecule has 0 aliphatic carbocycles. The van der Waals surface area contributed by atoms with Crippen molar-refractivity contribution in [3.8, 4) is 0 Å². The maximum absolute atomic E-state index is 4.34. The summed E-state index contributed by atoms with van der Waals surface area (Å²) in [5.41, 5.74) is 0. The molecule has 2 aliphatic rings. The molecule has 3 heteroatoms. The molecule has 4 atom stereocenters. The third-order valence-electron chi connectivity index (χ3n) is 3.45. The normalized spacial score (nSPS) is 44.4. The molecular weight excluding hydrogens is 305 g/mol. The summed E-state index contributed by atoms with van der Waals surface area (Å²) in [6.07, 6.45) is 4.33.